The zero-order valence-electron chi connectivity index (χ0n) is 10.7. The number of carboxylic acid groups (broad SMARTS) is 1. The van der Waals surface area contributed by atoms with Crippen LogP contribution < -0.4 is 5.73 Å². The highest BCUT2D eigenvalue weighted by atomic mass is 16.4. The second-order valence-corrected chi connectivity index (χ2v) is 4.76. The fraction of sp³-hybridized carbons (Fsp3) is 0.385. The smallest absolute Gasteiger partial charge is 0.300 e. The molecule has 1 rings (SSSR count). The van der Waals surface area contributed by atoms with Crippen molar-refractivity contribution < 1.29 is 9.90 Å². The number of carbonyl (C=O) groups is 1. The molecule has 0 spiro atoms. The number of hydrogen-bond donors (Lipinski definition) is 3. The molecule has 0 bridgehead atoms. The van der Waals surface area contributed by atoms with E-state index in [1.54, 1.807) is 0 Å². The molecule has 17 heavy (non-hydrogen) atoms. The molecule has 1 aromatic rings. The van der Waals surface area contributed by atoms with Crippen LogP contribution in [0.3, 0.4) is 0 Å². The van der Waals surface area contributed by atoms with Gasteiger partial charge in [0.2, 0.25) is 0 Å². The van der Waals surface area contributed by atoms with Gasteiger partial charge >= 0.3 is 0 Å². The molecule has 94 valence electrons. The average Bonchev–Trinajstić information content (AvgIpc) is 2.15. The molecule has 1 aromatic carbocycles. The van der Waals surface area contributed by atoms with Crippen LogP contribution >= 0.6 is 0 Å². The minimum atomic E-state index is -0.833. The van der Waals surface area contributed by atoms with E-state index in [0.29, 0.717) is 0 Å². The van der Waals surface area contributed by atoms with E-state index in [0.717, 1.165) is 12.5 Å². The summed E-state index contributed by atoms with van der Waals surface area (Å²) in [6, 6.07) is 7.83. The van der Waals surface area contributed by atoms with E-state index in [2.05, 4.69) is 20.8 Å². The van der Waals surface area contributed by atoms with E-state index in [4.69, 9.17) is 21.0 Å². The molecule has 0 heterocycles. The zero-order valence-corrected chi connectivity index (χ0v) is 10.7. The van der Waals surface area contributed by atoms with Crippen LogP contribution in [-0.2, 0) is 10.2 Å². The molecule has 4 N–H and O–H groups in total. The van der Waals surface area contributed by atoms with Crippen LogP contribution in [0, 0.1) is 5.41 Å². The molecular weight excluding hydrogens is 216 g/mol. The Balaban J connectivity index is 0.000000557. The third-order valence-electron chi connectivity index (χ3n) is 2.06. The fourth-order valence-corrected chi connectivity index (χ4v) is 1.15. The van der Waals surface area contributed by atoms with Crippen molar-refractivity contribution in [1.82, 2.24) is 0 Å². The predicted molar refractivity (Wildman–Crippen MR) is 69.5 cm³/mol. The average molecular weight is 236 g/mol. The van der Waals surface area contributed by atoms with Crippen molar-refractivity contribution in [3.8, 4) is 0 Å². The first-order valence-corrected chi connectivity index (χ1v) is 5.29. The van der Waals surface area contributed by atoms with Crippen molar-refractivity contribution in [1.29, 1.82) is 5.41 Å². The van der Waals surface area contributed by atoms with Gasteiger partial charge in [-0.15, -0.1) is 0 Å². The van der Waals surface area contributed by atoms with Gasteiger partial charge in [-0.05, 0) is 11.0 Å². The summed E-state index contributed by atoms with van der Waals surface area (Å²) in [6.07, 6.45) is 0. The number of amidine groups is 1. The summed E-state index contributed by atoms with van der Waals surface area (Å²) in [7, 11) is 0. The van der Waals surface area contributed by atoms with E-state index >= 15 is 0 Å². The van der Waals surface area contributed by atoms with E-state index in [1.807, 2.05) is 24.3 Å². The third kappa shape index (κ3) is 6.35. The quantitative estimate of drug-likeness (QED) is 0.516. The van der Waals surface area contributed by atoms with Crippen LogP contribution in [0.4, 0.5) is 0 Å². The monoisotopic (exact) mass is 236 g/mol. The van der Waals surface area contributed by atoms with Crippen LogP contribution in [0.2, 0.25) is 0 Å². The largest absolute Gasteiger partial charge is 0.481 e. The van der Waals surface area contributed by atoms with Gasteiger partial charge in [0.05, 0.1) is 0 Å². The Hall–Kier alpha value is -1.84. The van der Waals surface area contributed by atoms with E-state index in [9.17, 15) is 0 Å². The summed E-state index contributed by atoms with van der Waals surface area (Å²) in [5.74, 6) is -0.708. The number of nitrogens with two attached hydrogens (primary N) is 1. The molecule has 0 fully saturated rings. The predicted octanol–water partition coefficient (Wildman–Crippen LogP) is 2.36. The minimum absolute atomic E-state index is 0.125. The third-order valence-corrected chi connectivity index (χ3v) is 2.06. The number of nitrogens with one attached hydrogen (secondary N) is 1. The van der Waals surface area contributed by atoms with Gasteiger partial charge in [-0.2, -0.15) is 0 Å². The number of rotatable bonds is 1. The maximum absolute atomic E-state index is 9.00. The van der Waals surface area contributed by atoms with Crippen molar-refractivity contribution in [2.24, 2.45) is 5.73 Å². The van der Waals surface area contributed by atoms with Crippen molar-refractivity contribution in [2.45, 2.75) is 33.1 Å². The van der Waals surface area contributed by atoms with E-state index in [1.165, 1.54) is 5.56 Å². The first kappa shape index (κ1) is 15.2. The van der Waals surface area contributed by atoms with E-state index < -0.39 is 5.97 Å². The molecule has 0 saturated heterocycles. The van der Waals surface area contributed by atoms with Gasteiger partial charge in [0, 0.05) is 12.5 Å². The van der Waals surface area contributed by atoms with E-state index in [-0.39, 0.29) is 11.3 Å². The van der Waals surface area contributed by atoms with Crippen molar-refractivity contribution in [3.63, 3.8) is 0 Å². The van der Waals surface area contributed by atoms with Crippen LogP contribution in [0.25, 0.3) is 0 Å². The van der Waals surface area contributed by atoms with Crippen molar-refractivity contribution in [3.05, 3.63) is 35.4 Å². The maximum Gasteiger partial charge on any atom is 0.300 e. The summed E-state index contributed by atoms with van der Waals surface area (Å²) < 4.78 is 0. The summed E-state index contributed by atoms with van der Waals surface area (Å²) in [6.45, 7) is 7.57. The first-order valence-electron chi connectivity index (χ1n) is 5.29. The Bertz CT molecular complexity index is 385. The highest BCUT2D eigenvalue weighted by Crippen LogP contribution is 2.21. The lowest BCUT2D eigenvalue weighted by Crippen LogP contribution is -2.13. The highest BCUT2D eigenvalue weighted by Gasteiger charge is 2.12. The van der Waals surface area contributed by atoms with Crippen molar-refractivity contribution >= 4 is 11.8 Å². The SMILES string of the molecule is CC(=O)O.CC(C)(C)c1ccc(C(=N)N)cc1. The van der Waals surface area contributed by atoms with Gasteiger partial charge in [0.1, 0.15) is 5.84 Å². The Morgan fingerprint density at radius 3 is 1.82 bits per heavy atom. The highest BCUT2D eigenvalue weighted by molar-refractivity contribution is 5.94. The number of aliphatic carboxylic acids is 1. The lowest BCUT2D eigenvalue weighted by atomic mass is 9.87. The summed E-state index contributed by atoms with van der Waals surface area (Å²) in [4.78, 5) is 9.00. The Morgan fingerprint density at radius 2 is 1.59 bits per heavy atom. The summed E-state index contributed by atoms with van der Waals surface area (Å²) >= 11 is 0. The number of benzene rings is 1. The molecule has 0 saturated carbocycles. The van der Waals surface area contributed by atoms with Gasteiger partial charge in [0.15, 0.2) is 0 Å². The van der Waals surface area contributed by atoms with Crippen LogP contribution in [0.1, 0.15) is 38.8 Å². The van der Waals surface area contributed by atoms with Gasteiger partial charge in [0.25, 0.3) is 5.97 Å². The van der Waals surface area contributed by atoms with Crippen LogP contribution in [0.15, 0.2) is 24.3 Å². The molecule has 0 aliphatic carbocycles. The standard InChI is InChI=1S/C11H16N2.C2H4O2/c1-11(2,3)9-6-4-8(5-7-9)10(12)13;1-2(3)4/h4-7H,1-3H3,(H3,12,13);1H3,(H,3,4). The zero-order chi connectivity index (χ0) is 13.6. The molecule has 0 atom stereocenters. The lowest BCUT2D eigenvalue weighted by molar-refractivity contribution is -0.134. The number of nitrogen functional groups attached to an aromatic ring is 1. The Morgan fingerprint density at radius 1 is 1.24 bits per heavy atom. The first-order chi connectivity index (χ1) is 7.64. The molecular formula is C13H20N2O2. The normalized spacial score (nSPS) is 10.1. The van der Waals surface area contributed by atoms with Gasteiger partial charge in [-0.3, -0.25) is 10.2 Å². The second kappa shape index (κ2) is 6.03. The number of hydrogen-bond acceptors (Lipinski definition) is 2. The topological polar surface area (TPSA) is 87.2 Å². The van der Waals surface area contributed by atoms with Gasteiger partial charge < -0.3 is 10.8 Å². The van der Waals surface area contributed by atoms with Gasteiger partial charge in [-0.25, -0.2) is 0 Å². The van der Waals surface area contributed by atoms with Crippen LogP contribution in [-0.4, -0.2) is 16.9 Å². The Kier molecular flexibility index (Phi) is 5.38. The molecule has 4 nitrogen and oxygen atoms in total. The molecule has 0 aliphatic heterocycles. The summed E-state index contributed by atoms with van der Waals surface area (Å²) in [5, 5.41) is 14.7. The minimum Gasteiger partial charge on any atom is -0.481 e. The van der Waals surface area contributed by atoms with Crippen LogP contribution in [0.5, 0.6) is 0 Å². The van der Waals surface area contributed by atoms with Crippen molar-refractivity contribution in [2.75, 3.05) is 0 Å². The molecule has 0 aromatic heterocycles. The molecule has 0 radical (unpaired) electrons. The fourth-order valence-electron chi connectivity index (χ4n) is 1.15. The molecule has 0 aliphatic rings. The second-order valence-electron chi connectivity index (χ2n) is 4.76. The Labute approximate surface area is 102 Å². The molecule has 4 heteroatoms. The number of carboxylic acids is 1. The summed E-state index contributed by atoms with van der Waals surface area (Å²) in [5.41, 5.74) is 7.56. The molecule has 0 unspecified atom stereocenters. The lowest BCUT2D eigenvalue weighted by Gasteiger charge is -2.18. The molecule has 0 amide bonds. The maximum atomic E-state index is 9.00. The van der Waals surface area contributed by atoms with Gasteiger partial charge in [-0.1, -0.05) is 45.0 Å².